The molecule has 0 rings (SSSR count). The van der Waals surface area contributed by atoms with Crippen molar-refractivity contribution in [3.63, 3.8) is 0 Å². The average Bonchev–Trinajstić information content (AvgIpc) is 3.41. The molecule has 6 nitrogen and oxygen atoms in total. The van der Waals surface area contributed by atoms with Gasteiger partial charge in [0, 0.05) is 19.3 Å². The first-order valence-electron chi connectivity index (χ1n) is 31.4. The zero-order valence-electron chi connectivity index (χ0n) is 49.0. The van der Waals surface area contributed by atoms with Gasteiger partial charge in [-0.3, -0.25) is 14.4 Å². The summed E-state index contributed by atoms with van der Waals surface area (Å²) in [5.74, 6) is -0.993. The zero-order chi connectivity index (χ0) is 54.3. The maximum Gasteiger partial charge on any atom is 0.306 e. The lowest BCUT2D eigenvalue weighted by Gasteiger charge is -2.18. The molecule has 75 heavy (non-hydrogen) atoms. The molecule has 0 aromatic carbocycles. The lowest BCUT2D eigenvalue weighted by molar-refractivity contribution is -0.167. The standard InChI is InChI=1S/C69H116O6/c1-4-7-10-13-16-19-22-25-28-31-33-34-36-38-41-44-47-50-53-56-59-62-68(71)74-65-66(64-73-67(70)61-58-55-52-49-46-43-40-37-30-27-24-21-18-15-12-9-6-3)75-69(72)63-60-57-54-51-48-45-42-39-35-32-29-26-23-20-17-14-11-8-5-2/h9,12,17-18,20-21,26-27,29-30,35,39-40,43,45,48-49,52,66H,4-8,10-11,13-16,19,22-25,28,31-34,36-38,41-42,44,46-47,50-51,53-65H2,1-3H3/b12-9-,20-17-,21-18-,29-26-,30-27-,39-35-,43-40-,48-45-,52-49-/t66-/m1/s1. The van der Waals surface area contributed by atoms with Crippen LogP contribution in [0.2, 0.25) is 0 Å². The molecule has 0 aromatic heterocycles. The summed E-state index contributed by atoms with van der Waals surface area (Å²) < 4.78 is 16.8. The van der Waals surface area contributed by atoms with Crippen molar-refractivity contribution in [2.24, 2.45) is 0 Å². The first-order chi connectivity index (χ1) is 37.0. The summed E-state index contributed by atoms with van der Waals surface area (Å²) >= 11 is 0. The fraction of sp³-hybridized carbons (Fsp3) is 0.696. The lowest BCUT2D eigenvalue weighted by atomic mass is 10.0. The molecule has 0 bridgehead atoms. The molecule has 0 aliphatic carbocycles. The van der Waals surface area contributed by atoms with Crippen molar-refractivity contribution in [1.29, 1.82) is 0 Å². The molecule has 0 saturated carbocycles. The van der Waals surface area contributed by atoms with E-state index in [1.54, 1.807) is 0 Å². The third kappa shape index (κ3) is 60.8. The van der Waals surface area contributed by atoms with Crippen LogP contribution in [0.3, 0.4) is 0 Å². The Hall–Kier alpha value is -3.93. The quantitative estimate of drug-likeness (QED) is 0.0261. The van der Waals surface area contributed by atoms with Crippen LogP contribution in [-0.4, -0.2) is 37.2 Å². The van der Waals surface area contributed by atoms with Gasteiger partial charge in [-0.1, -0.05) is 278 Å². The van der Waals surface area contributed by atoms with Crippen molar-refractivity contribution in [3.05, 3.63) is 109 Å². The summed E-state index contributed by atoms with van der Waals surface area (Å²) in [6.45, 7) is 6.45. The average molecular weight is 1040 g/mol. The maximum atomic E-state index is 12.9. The van der Waals surface area contributed by atoms with Crippen LogP contribution in [0, 0.1) is 0 Å². The first-order valence-corrected chi connectivity index (χ1v) is 31.4. The fourth-order valence-corrected chi connectivity index (χ4v) is 8.58. The van der Waals surface area contributed by atoms with Gasteiger partial charge in [0.05, 0.1) is 0 Å². The number of esters is 3. The van der Waals surface area contributed by atoms with Gasteiger partial charge in [-0.25, -0.2) is 0 Å². The summed E-state index contributed by atoms with van der Waals surface area (Å²) in [5, 5.41) is 0. The second-order valence-corrected chi connectivity index (χ2v) is 20.6. The van der Waals surface area contributed by atoms with E-state index >= 15 is 0 Å². The van der Waals surface area contributed by atoms with Crippen LogP contribution in [0.25, 0.3) is 0 Å². The molecule has 0 unspecified atom stereocenters. The molecule has 0 fully saturated rings. The van der Waals surface area contributed by atoms with Crippen molar-refractivity contribution < 1.29 is 28.6 Å². The Morgan fingerprint density at radius 3 is 0.893 bits per heavy atom. The van der Waals surface area contributed by atoms with Crippen LogP contribution in [0.15, 0.2) is 109 Å². The molecular weight excluding hydrogens is 925 g/mol. The molecule has 1 atom stereocenters. The monoisotopic (exact) mass is 1040 g/mol. The van der Waals surface area contributed by atoms with Crippen LogP contribution in [-0.2, 0) is 28.6 Å². The van der Waals surface area contributed by atoms with Crippen molar-refractivity contribution in [1.82, 2.24) is 0 Å². The highest BCUT2D eigenvalue weighted by Gasteiger charge is 2.19. The van der Waals surface area contributed by atoms with Crippen molar-refractivity contribution >= 4 is 17.9 Å². The number of hydrogen-bond donors (Lipinski definition) is 0. The highest BCUT2D eigenvalue weighted by Crippen LogP contribution is 2.16. The molecule has 6 heteroatoms. The predicted octanol–water partition coefficient (Wildman–Crippen LogP) is 21.4. The number of carbonyl (C=O) groups is 3. The molecule has 0 N–H and O–H groups in total. The minimum atomic E-state index is -0.820. The van der Waals surface area contributed by atoms with Crippen molar-refractivity contribution in [3.8, 4) is 0 Å². The van der Waals surface area contributed by atoms with E-state index in [4.69, 9.17) is 14.2 Å². The SMILES string of the molecule is CC/C=C\C/C=C\C/C=C\C/C=C\C/C=C\CCCC(=O)OC[C@H](COC(=O)CCCCCCCCCCCCCCCCCCCCCCC)OC(=O)CCCCC/C=C\C/C=C\C/C=C\C/C=C\CCCCC. The smallest absolute Gasteiger partial charge is 0.306 e. The minimum absolute atomic E-state index is 0.108. The number of ether oxygens (including phenoxy) is 3. The zero-order valence-corrected chi connectivity index (χ0v) is 49.0. The topological polar surface area (TPSA) is 78.9 Å². The summed E-state index contributed by atoms with van der Waals surface area (Å²) in [7, 11) is 0. The molecule has 0 aromatic rings. The highest BCUT2D eigenvalue weighted by molar-refractivity contribution is 5.71. The van der Waals surface area contributed by atoms with E-state index in [-0.39, 0.29) is 44.0 Å². The van der Waals surface area contributed by atoms with Gasteiger partial charge in [0.2, 0.25) is 0 Å². The molecule has 0 saturated heterocycles. The van der Waals surface area contributed by atoms with Crippen LogP contribution < -0.4 is 0 Å². The summed E-state index contributed by atoms with van der Waals surface area (Å²) in [6, 6.07) is 0. The van der Waals surface area contributed by atoms with Gasteiger partial charge < -0.3 is 14.2 Å². The van der Waals surface area contributed by atoms with Crippen LogP contribution >= 0.6 is 0 Å². The molecule has 0 amide bonds. The van der Waals surface area contributed by atoms with E-state index in [9.17, 15) is 14.4 Å². The van der Waals surface area contributed by atoms with Crippen LogP contribution in [0.1, 0.15) is 290 Å². The number of hydrogen-bond acceptors (Lipinski definition) is 6. The van der Waals surface area contributed by atoms with E-state index in [0.29, 0.717) is 19.3 Å². The lowest BCUT2D eigenvalue weighted by Crippen LogP contribution is -2.30. The van der Waals surface area contributed by atoms with Crippen molar-refractivity contribution in [2.75, 3.05) is 13.2 Å². The van der Waals surface area contributed by atoms with Gasteiger partial charge in [0.25, 0.3) is 0 Å². The number of unbranched alkanes of at least 4 members (excludes halogenated alkanes) is 27. The molecule has 0 aliphatic heterocycles. The van der Waals surface area contributed by atoms with Gasteiger partial charge in [-0.05, 0) is 103 Å². The minimum Gasteiger partial charge on any atom is -0.462 e. The Balaban J connectivity index is 4.49. The Labute approximate surface area is 463 Å². The summed E-state index contributed by atoms with van der Waals surface area (Å²) in [4.78, 5) is 38.3. The van der Waals surface area contributed by atoms with Gasteiger partial charge in [0.1, 0.15) is 13.2 Å². The normalized spacial score (nSPS) is 12.8. The number of allylic oxidation sites excluding steroid dienone is 18. The second kappa shape index (κ2) is 62.6. The van der Waals surface area contributed by atoms with Gasteiger partial charge >= 0.3 is 17.9 Å². The number of carbonyl (C=O) groups excluding carboxylic acids is 3. The molecule has 0 spiro atoms. The Kier molecular flexibility index (Phi) is 59.3. The van der Waals surface area contributed by atoms with Crippen molar-refractivity contribution in [2.45, 2.75) is 297 Å². The predicted molar refractivity (Wildman–Crippen MR) is 325 cm³/mol. The Morgan fingerprint density at radius 2 is 0.533 bits per heavy atom. The third-order valence-electron chi connectivity index (χ3n) is 13.3. The van der Waals surface area contributed by atoms with E-state index in [1.807, 2.05) is 0 Å². The van der Waals surface area contributed by atoms with E-state index < -0.39 is 6.10 Å². The van der Waals surface area contributed by atoms with Gasteiger partial charge in [-0.2, -0.15) is 0 Å². The van der Waals surface area contributed by atoms with Crippen LogP contribution in [0.4, 0.5) is 0 Å². The molecule has 0 heterocycles. The maximum absolute atomic E-state index is 12.9. The third-order valence-corrected chi connectivity index (χ3v) is 13.3. The highest BCUT2D eigenvalue weighted by atomic mass is 16.6. The molecule has 428 valence electrons. The van der Waals surface area contributed by atoms with E-state index in [2.05, 4.69) is 130 Å². The second-order valence-electron chi connectivity index (χ2n) is 20.6. The van der Waals surface area contributed by atoms with E-state index in [1.165, 1.54) is 141 Å². The Morgan fingerprint density at radius 1 is 0.280 bits per heavy atom. The first kappa shape index (κ1) is 71.1. The fourth-order valence-electron chi connectivity index (χ4n) is 8.58. The summed E-state index contributed by atoms with van der Waals surface area (Å²) in [5.41, 5.74) is 0. The molecule has 0 aliphatic rings. The van der Waals surface area contributed by atoms with E-state index in [0.717, 1.165) is 96.3 Å². The molecule has 0 radical (unpaired) electrons. The largest absolute Gasteiger partial charge is 0.462 e. The number of rotatable bonds is 56. The van der Waals surface area contributed by atoms with Crippen LogP contribution in [0.5, 0.6) is 0 Å². The van der Waals surface area contributed by atoms with Gasteiger partial charge in [-0.15, -0.1) is 0 Å². The Bertz CT molecular complexity index is 1520. The van der Waals surface area contributed by atoms with Gasteiger partial charge in [0.15, 0.2) is 6.10 Å². The molecular formula is C69H116O6. The summed E-state index contributed by atoms with van der Waals surface area (Å²) in [6.07, 6.45) is 85.3.